The highest BCUT2D eigenvalue weighted by Crippen LogP contribution is 2.06. The molecule has 0 atom stereocenters. The molecule has 0 aromatic carbocycles. The number of carboxylic acid groups (broad SMARTS) is 1. The Labute approximate surface area is 75.0 Å². The SMILES string of the molecule is O=C(O)c1ccc(CNCCO)o1. The molecule has 1 aromatic heterocycles. The van der Waals surface area contributed by atoms with Gasteiger partial charge in [-0.05, 0) is 12.1 Å². The molecule has 0 saturated heterocycles. The maximum atomic E-state index is 10.4. The van der Waals surface area contributed by atoms with Crippen LogP contribution < -0.4 is 5.32 Å². The third kappa shape index (κ3) is 2.89. The fourth-order valence-corrected chi connectivity index (χ4v) is 0.879. The van der Waals surface area contributed by atoms with E-state index < -0.39 is 5.97 Å². The van der Waals surface area contributed by atoms with Crippen LogP contribution in [0.25, 0.3) is 0 Å². The van der Waals surface area contributed by atoms with Crippen LogP contribution in [0.15, 0.2) is 16.5 Å². The van der Waals surface area contributed by atoms with Gasteiger partial charge in [0, 0.05) is 6.54 Å². The van der Waals surface area contributed by atoms with Crippen molar-refractivity contribution in [1.82, 2.24) is 5.32 Å². The van der Waals surface area contributed by atoms with Crippen LogP contribution in [0.4, 0.5) is 0 Å². The molecule has 0 aliphatic rings. The summed E-state index contributed by atoms with van der Waals surface area (Å²) in [5.74, 6) is -0.597. The first kappa shape index (κ1) is 9.76. The Morgan fingerprint density at radius 1 is 1.54 bits per heavy atom. The fraction of sp³-hybridized carbons (Fsp3) is 0.375. The van der Waals surface area contributed by atoms with Gasteiger partial charge in [-0.1, -0.05) is 0 Å². The molecule has 72 valence electrons. The number of nitrogens with one attached hydrogen (secondary N) is 1. The number of aliphatic hydroxyl groups excluding tert-OH is 1. The Bertz CT molecular complexity index is 281. The lowest BCUT2D eigenvalue weighted by Gasteiger charge is -1.97. The van der Waals surface area contributed by atoms with Crippen molar-refractivity contribution in [3.8, 4) is 0 Å². The minimum absolute atomic E-state index is 0.0481. The van der Waals surface area contributed by atoms with Crippen LogP contribution in [-0.2, 0) is 6.54 Å². The Morgan fingerprint density at radius 2 is 2.31 bits per heavy atom. The number of furan rings is 1. The lowest BCUT2D eigenvalue weighted by Crippen LogP contribution is -2.16. The smallest absolute Gasteiger partial charge is 0.371 e. The fourth-order valence-electron chi connectivity index (χ4n) is 0.879. The van der Waals surface area contributed by atoms with Crippen molar-refractivity contribution in [3.63, 3.8) is 0 Å². The summed E-state index contributed by atoms with van der Waals surface area (Å²) in [5.41, 5.74) is 0. The first-order valence-electron chi connectivity index (χ1n) is 3.87. The third-order valence-electron chi connectivity index (χ3n) is 1.46. The molecule has 5 heteroatoms. The highest BCUT2D eigenvalue weighted by molar-refractivity contribution is 5.84. The van der Waals surface area contributed by atoms with Crippen LogP contribution in [0.1, 0.15) is 16.3 Å². The topological polar surface area (TPSA) is 82.7 Å². The van der Waals surface area contributed by atoms with Gasteiger partial charge in [0.15, 0.2) is 0 Å². The molecule has 0 saturated carbocycles. The van der Waals surface area contributed by atoms with Crippen molar-refractivity contribution >= 4 is 5.97 Å². The second-order valence-electron chi connectivity index (χ2n) is 2.47. The summed E-state index contributed by atoms with van der Waals surface area (Å²) in [7, 11) is 0. The molecule has 3 N–H and O–H groups in total. The van der Waals surface area contributed by atoms with Gasteiger partial charge in [0.05, 0.1) is 13.2 Å². The van der Waals surface area contributed by atoms with Gasteiger partial charge in [-0.3, -0.25) is 0 Å². The van der Waals surface area contributed by atoms with E-state index in [2.05, 4.69) is 5.32 Å². The molecule has 1 rings (SSSR count). The largest absolute Gasteiger partial charge is 0.475 e. The van der Waals surface area contributed by atoms with Gasteiger partial charge in [-0.2, -0.15) is 0 Å². The van der Waals surface area contributed by atoms with E-state index in [9.17, 15) is 4.79 Å². The van der Waals surface area contributed by atoms with E-state index in [1.807, 2.05) is 0 Å². The molecule has 1 aromatic rings. The highest BCUT2D eigenvalue weighted by atomic mass is 16.4. The predicted octanol–water partition coefficient (Wildman–Crippen LogP) is 0.0597. The molecule has 0 spiro atoms. The lowest BCUT2D eigenvalue weighted by atomic mass is 10.4. The summed E-state index contributed by atoms with van der Waals surface area (Å²) >= 11 is 0. The maximum absolute atomic E-state index is 10.4. The number of hydrogen-bond donors (Lipinski definition) is 3. The second-order valence-corrected chi connectivity index (χ2v) is 2.47. The van der Waals surface area contributed by atoms with Gasteiger partial charge >= 0.3 is 5.97 Å². The first-order chi connectivity index (χ1) is 6.24. The first-order valence-corrected chi connectivity index (χ1v) is 3.87. The van der Waals surface area contributed by atoms with Gasteiger partial charge < -0.3 is 19.9 Å². The molecular formula is C8H11NO4. The van der Waals surface area contributed by atoms with Crippen LogP contribution in [0.5, 0.6) is 0 Å². The highest BCUT2D eigenvalue weighted by Gasteiger charge is 2.07. The maximum Gasteiger partial charge on any atom is 0.371 e. The van der Waals surface area contributed by atoms with E-state index >= 15 is 0 Å². The molecule has 0 bridgehead atoms. The van der Waals surface area contributed by atoms with E-state index in [-0.39, 0.29) is 12.4 Å². The number of hydrogen-bond acceptors (Lipinski definition) is 4. The van der Waals surface area contributed by atoms with Crippen molar-refractivity contribution in [2.75, 3.05) is 13.2 Å². The van der Waals surface area contributed by atoms with Crippen LogP contribution in [0, 0.1) is 0 Å². The summed E-state index contributed by atoms with van der Waals surface area (Å²) in [5, 5.41) is 19.8. The Morgan fingerprint density at radius 3 is 2.85 bits per heavy atom. The van der Waals surface area contributed by atoms with Crippen LogP contribution in [-0.4, -0.2) is 29.3 Å². The molecule has 5 nitrogen and oxygen atoms in total. The average molecular weight is 185 g/mol. The normalized spacial score (nSPS) is 10.2. The van der Waals surface area contributed by atoms with Crippen molar-refractivity contribution in [2.45, 2.75) is 6.54 Å². The van der Waals surface area contributed by atoms with Crippen molar-refractivity contribution in [1.29, 1.82) is 0 Å². The van der Waals surface area contributed by atoms with Gasteiger partial charge in [-0.25, -0.2) is 4.79 Å². The second kappa shape index (κ2) is 4.64. The molecule has 0 fully saturated rings. The Kier molecular flexibility index (Phi) is 3.48. The third-order valence-corrected chi connectivity index (χ3v) is 1.46. The van der Waals surface area contributed by atoms with Crippen LogP contribution in [0.3, 0.4) is 0 Å². The quantitative estimate of drug-likeness (QED) is 0.565. The lowest BCUT2D eigenvalue weighted by molar-refractivity contribution is 0.0660. The van der Waals surface area contributed by atoms with Crippen molar-refractivity contribution < 1.29 is 19.4 Å². The predicted molar refractivity (Wildman–Crippen MR) is 44.5 cm³/mol. The summed E-state index contributed by atoms with van der Waals surface area (Å²) < 4.78 is 4.95. The standard InChI is InChI=1S/C8H11NO4/c10-4-3-9-5-6-1-2-7(13-6)8(11)12/h1-2,9-10H,3-5H2,(H,11,12). The van der Waals surface area contributed by atoms with E-state index in [0.29, 0.717) is 18.8 Å². The minimum Gasteiger partial charge on any atom is -0.475 e. The van der Waals surface area contributed by atoms with Crippen molar-refractivity contribution in [2.24, 2.45) is 0 Å². The van der Waals surface area contributed by atoms with Crippen LogP contribution in [0.2, 0.25) is 0 Å². The van der Waals surface area contributed by atoms with Crippen molar-refractivity contribution in [3.05, 3.63) is 23.7 Å². The molecule has 13 heavy (non-hydrogen) atoms. The monoisotopic (exact) mass is 185 g/mol. The van der Waals surface area contributed by atoms with E-state index in [1.165, 1.54) is 6.07 Å². The zero-order valence-corrected chi connectivity index (χ0v) is 6.99. The number of carbonyl (C=O) groups is 1. The molecule has 0 aliphatic carbocycles. The Hall–Kier alpha value is -1.33. The van der Waals surface area contributed by atoms with Gasteiger partial charge in [0.2, 0.25) is 5.76 Å². The number of aromatic carboxylic acids is 1. The summed E-state index contributed by atoms with van der Waals surface area (Å²) in [4.78, 5) is 10.4. The molecule has 0 radical (unpaired) electrons. The molecule has 0 unspecified atom stereocenters. The van der Waals surface area contributed by atoms with Gasteiger partial charge in [0.25, 0.3) is 0 Å². The molecule has 0 aliphatic heterocycles. The van der Waals surface area contributed by atoms with E-state index in [4.69, 9.17) is 14.6 Å². The average Bonchev–Trinajstić information content (AvgIpc) is 2.53. The number of carboxylic acids is 1. The zero-order chi connectivity index (χ0) is 9.68. The van der Waals surface area contributed by atoms with Gasteiger partial charge in [-0.15, -0.1) is 0 Å². The van der Waals surface area contributed by atoms with Crippen LogP contribution >= 0.6 is 0 Å². The molecule has 0 amide bonds. The summed E-state index contributed by atoms with van der Waals surface area (Å²) in [6.07, 6.45) is 0. The summed E-state index contributed by atoms with van der Waals surface area (Å²) in [6, 6.07) is 2.99. The number of rotatable bonds is 5. The Balaban J connectivity index is 2.44. The molecule has 1 heterocycles. The minimum atomic E-state index is -1.08. The van der Waals surface area contributed by atoms with E-state index in [0.717, 1.165) is 0 Å². The summed E-state index contributed by atoms with van der Waals surface area (Å²) in [6.45, 7) is 0.934. The van der Waals surface area contributed by atoms with E-state index in [1.54, 1.807) is 6.07 Å². The number of aliphatic hydroxyl groups is 1. The zero-order valence-electron chi connectivity index (χ0n) is 6.99. The molecular weight excluding hydrogens is 174 g/mol. The van der Waals surface area contributed by atoms with Gasteiger partial charge in [0.1, 0.15) is 5.76 Å².